The summed E-state index contributed by atoms with van der Waals surface area (Å²) in [5, 5.41) is 10.1. The first kappa shape index (κ1) is 18.4. The molecule has 0 aromatic heterocycles. The molecule has 0 aliphatic rings. The van der Waals surface area contributed by atoms with Gasteiger partial charge >= 0.3 is 5.97 Å². The van der Waals surface area contributed by atoms with Crippen molar-refractivity contribution >= 4 is 5.97 Å². The summed E-state index contributed by atoms with van der Waals surface area (Å²) in [5.41, 5.74) is -0.793. The second-order valence-electron chi connectivity index (χ2n) is 5.87. The van der Waals surface area contributed by atoms with Gasteiger partial charge in [0.05, 0.1) is 18.1 Å². The van der Waals surface area contributed by atoms with Crippen LogP contribution in [0.15, 0.2) is 0 Å². The van der Waals surface area contributed by atoms with Crippen molar-refractivity contribution in [2.45, 2.75) is 85.2 Å². The van der Waals surface area contributed by atoms with E-state index in [9.17, 15) is 9.90 Å². The number of carbonyl (C=O) groups is 1. The zero-order chi connectivity index (χ0) is 14.7. The van der Waals surface area contributed by atoms with Crippen molar-refractivity contribution in [1.29, 1.82) is 0 Å². The lowest BCUT2D eigenvalue weighted by molar-refractivity contribution is -0.160. The number of hydrogen-bond donors (Lipinski definition) is 1. The zero-order valence-corrected chi connectivity index (χ0v) is 13.2. The number of rotatable bonds is 11. The van der Waals surface area contributed by atoms with E-state index in [1.807, 2.05) is 0 Å². The maximum absolute atomic E-state index is 11.7. The molecule has 0 radical (unpaired) electrons. The number of hydrogen-bond acceptors (Lipinski definition) is 3. The van der Waals surface area contributed by atoms with Crippen LogP contribution in [0.2, 0.25) is 0 Å². The van der Waals surface area contributed by atoms with E-state index in [2.05, 4.69) is 6.92 Å². The average molecular weight is 272 g/mol. The van der Waals surface area contributed by atoms with Gasteiger partial charge in [-0.15, -0.1) is 0 Å². The zero-order valence-electron chi connectivity index (χ0n) is 13.2. The SMILES string of the molecule is CCCCCCCCCC(O)C(C)(C)C(=O)OCC. The third-order valence-electron chi connectivity index (χ3n) is 3.72. The van der Waals surface area contributed by atoms with Crippen LogP contribution in [0.4, 0.5) is 0 Å². The number of unbranched alkanes of at least 4 members (excludes halogenated alkanes) is 6. The van der Waals surface area contributed by atoms with Gasteiger partial charge in [-0.2, -0.15) is 0 Å². The van der Waals surface area contributed by atoms with E-state index in [0.717, 1.165) is 12.8 Å². The van der Waals surface area contributed by atoms with Crippen LogP contribution >= 0.6 is 0 Å². The van der Waals surface area contributed by atoms with Crippen molar-refractivity contribution in [3.63, 3.8) is 0 Å². The Hall–Kier alpha value is -0.570. The molecule has 0 fully saturated rings. The van der Waals surface area contributed by atoms with Crippen molar-refractivity contribution in [1.82, 2.24) is 0 Å². The molecule has 114 valence electrons. The Morgan fingerprint density at radius 3 is 2.11 bits per heavy atom. The van der Waals surface area contributed by atoms with Crippen LogP contribution in [0.1, 0.15) is 79.1 Å². The highest BCUT2D eigenvalue weighted by atomic mass is 16.5. The highest BCUT2D eigenvalue weighted by Gasteiger charge is 2.36. The molecule has 0 aliphatic heterocycles. The second-order valence-corrected chi connectivity index (χ2v) is 5.87. The Morgan fingerprint density at radius 1 is 1.05 bits per heavy atom. The quantitative estimate of drug-likeness (QED) is 0.455. The number of aliphatic hydroxyl groups is 1. The van der Waals surface area contributed by atoms with E-state index < -0.39 is 11.5 Å². The lowest BCUT2D eigenvalue weighted by Crippen LogP contribution is -2.38. The summed E-state index contributed by atoms with van der Waals surface area (Å²) in [6.07, 6.45) is 8.60. The Balaban J connectivity index is 3.78. The van der Waals surface area contributed by atoms with Crippen LogP contribution in [-0.4, -0.2) is 23.8 Å². The van der Waals surface area contributed by atoms with Gasteiger partial charge in [0.25, 0.3) is 0 Å². The van der Waals surface area contributed by atoms with Crippen LogP contribution in [0.5, 0.6) is 0 Å². The summed E-state index contributed by atoms with van der Waals surface area (Å²) in [7, 11) is 0. The standard InChI is InChI=1S/C16H32O3/c1-5-7-8-9-10-11-12-13-14(17)16(3,4)15(18)19-6-2/h14,17H,5-13H2,1-4H3. The number of carbonyl (C=O) groups excluding carboxylic acids is 1. The fourth-order valence-corrected chi connectivity index (χ4v) is 2.11. The third-order valence-corrected chi connectivity index (χ3v) is 3.72. The van der Waals surface area contributed by atoms with Crippen LogP contribution in [0.3, 0.4) is 0 Å². The summed E-state index contributed by atoms with van der Waals surface area (Å²) < 4.78 is 5.00. The van der Waals surface area contributed by atoms with E-state index >= 15 is 0 Å². The normalized spacial score (nSPS) is 13.3. The van der Waals surface area contributed by atoms with Gasteiger partial charge in [-0.3, -0.25) is 4.79 Å². The lowest BCUT2D eigenvalue weighted by Gasteiger charge is -2.28. The number of aliphatic hydroxyl groups excluding tert-OH is 1. The maximum Gasteiger partial charge on any atom is 0.314 e. The first-order chi connectivity index (χ1) is 8.96. The summed E-state index contributed by atoms with van der Waals surface area (Å²) in [5.74, 6) is -0.301. The predicted molar refractivity (Wildman–Crippen MR) is 79.0 cm³/mol. The van der Waals surface area contributed by atoms with Gasteiger partial charge in [0.2, 0.25) is 0 Å². The van der Waals surface area contributed by atoms with Crippen LogP contribution in [0, 0.1) is 5.41 Å². The number of esters is 1. The summed E-state index contributed by atoms with van der Waals surface area (Å²) in [4.78, 5) is 11.7. The van der Waals surface area contributed by atoms with Gasteiger partial charge in [0.15, 0.2) is 0 Å². The van der Waals surface area contributed by atoms with Crippen molar-refractivity contribution in [2.75, 3.05) is 6.61 Å². The largest absolute Gasteiger partial charge is 0.466 e. The van der Waals surface area contributed by atoms with Gasteiger partial charge in [0.1, 0.15) is 0 Å². The fourth-order valence-electron chi connectivity index (χ4n) is 2.11. The van der Waals surface area contributed by atoms with Crippen molar-refractivity contribution < 1.29 is 14.6 Å². The first-order valence-electron chi connectivity index (χ1n) is 7.82. The van der Waals surface area contributed by atoms with Gasteiger partial charge in [-0.25, -0.2) is 0 Å². The molecule has 0 rings (SSSR count). The number of ether oxygens (including phenoxy) is 1. The molecule has 0 bridgehead atoms. The monoisotopic (exact) mass is 272 g/mol. The molecule has 0 spiro atoms. The van der Waals surface area contributed by atoms with Crippen LogP contribution in [-0.2, 0) is 9.53 Å². The molecule has 19 heavy (non-hydrogen) atoms. The molecule has 3 nitrogen and oxygen atoms in total. The van der Waals surface area contributed by atoms with Gasteiger partial charge in [0, 0.05) is 0 Å². The minimum Gasteiger partial charge on any atom is -0.466 e. The topological polar surface area (TPSA) is 46.5 Å². The molecule has 0 saturated carbocycles. The maximum atomic E-state index is 11.7. The van der Waals surface area contributed by atoms with E-state index in [-0.39, 0.29) is 5.97 Å². The highest BCUT2D eigenvalue weighted by Crippen LogP contribution is 2.26. The molecule has 0 aromatic rings. The first-order valence-corrected chi connectivity index (χ1v) is 7.82. The molecular weight excluding hydrogens is 240 g/mol. The van der Waals surface area contributed by atoms with Gasteiger partial charge in [-0.05, 0) is 27.2 Å². The van der Waals surface area contributed by atoms with Gasteiger partial charge < -0.3 is 9.84 Å². The molecule has 0 saturated heterocycles. The van der Waals surface area contributed by atoms with Crippen molar-refractivity contribution in [3.8, 4) is 0 Å². The predicted octanol–water partition coefficient (Wildman–Crippen LogP) is 4.08. The summed E-state index contributed by atoms with van der Waals surface area (Å²) in [6.45, 7) is 7.89. The Labute approximate surface area is 118 Å². The van der Waals surface area contributed by atoms with E-state index in [0.29, 0.717) is 13.0 Å². The smallest absolute Gasteiger partial charge is 0.314 e. The van der Waals surface area contributed by atoms with Crippen molar-refractivity contribution in [3.05, 3.63) is 0 Å². The molecule has 0 amide bonds. The highest BCUT2D eigenvalue weighted by molar-refractivity contribution is 5.76. The molecule has 0 heterocycles. The summed E-state index contributed by atoms with van der Waals surface area (Å²) >= 11 is 0. The van der Waals surface area contributed by atoms with E-state index in [1.54, 1.807) is 20.8 Å². The Kier molecular flexibility index (Phi) is 9.94. The summed E-state index contributed by atoms with van der Waals surface area (Å²) in [6, 6.07) is 0. The Morgan fingerprint density at radius 2 is 1.58 bits per heavy atom. The molecule has 1 N–H and O–H groups in total. The second kappa shape index (κ2) is 10.2. The fraction of sp³-hybridized carbons (Fsp3) is 0.938. The molecule has 0 aromatic carbocycles. The van der Waals surface area contributed by atoms with E-state index in [1.165, 1.54) is 32.1 Å². The van der Waals surface area contributed by atoms with Gasteiger partial charge in [-0.1, -0.05) is 51.9 Å². The lowest BCUT2D eigenvalue weighted by atomic mass is 9.84. The molecule has 3 heteroatoms. The van der Waals surface area contributed by atoms with Crippen molar-refractivity contribution in [2.24, 2.45) is 5.41 Å². The molecular formula is C16H32O3. The molecule has 0 aliphatic carbocycles. The average Bonchev–Trinajstić information content (AvgIpc) is 2.37. The molecule has 1 atom stereocenters. The van der Waals surface area contributed by atoms with E-state index in [4.69, 9.17) is 4.74 Å². The van der Waals surface area contributed by atoms with Crippen LogP contribution in [0.25, 0.3) is 0 Å². The van der Waals surface area contributed by atoms with Crippen LogP contribution < -0.4 is 0 Å². The Bertz CT molecular complexity index is 236. The molecule has 1 unspecified atom stereocenters. The third kappa shape index (κ3) is 7.56. The minimum atomic E-state index is -0.793. The minimum absolute atomic E-state index is 0.301.